The van der Waals surface area contributed by atoms with Gasteiger partial charge in [0, 0.05) is 13.5 Å². The number of aliphatic hydroxyl groups excluding tert-OH is 3. The van der Waals surface area contributed by atoms with Crippen LogP contribution in [0, 0.1) is 0 Å². The molecule has 0 aromatic rings. The molecule has 0 aromatic heterocycles. The second kappa shape index (κ2) is 4.15. The maximum atomic E-state index is 9.26. The molecule has 0 radical (unpaired) electrons. The summed E-state index contributed by atoms with van der Waals surface area (Å²) >= 11 is 0. The molecule has 12 heavy (non-hydrogen) atoms. The molecule has 5 heteroatoms. The lowest BCUT2D eigenvalue weighted by atomic mass is 10.0. The van der Waals surface area contributed by atoms with Gasteiger partial charge in [0.1, 0.15) is 12.2 Å². The molecule has 1 fully saturated rings. The fourth-order valence-electron chi connectivity index (χ4n) is 1.22. The number of rotatable bonds is 2. The number of methoxy groups -OCH3 is 1. The Bertz CT molecular complexity index is 140. The van der Waals surface area contributed by atoms with Crippen molar-refractivity contribution in [1.82, 2.24) is 0 Å². The van der Waals surface area contributed by atoms with Crippen molar-refractivity contribution in [2.75, 3.05) is 13.7 Å². The smallest absolute Gasteiger partial charge is 0.160 e. The topological polar surface area (TPSA) is 79.2 Å². The van der Waals surface area contributed by atoms with Crippen molar-refractivity contribution < 1.29 is 24.8 Å². The average molecular weight is 178 g/mol. The first-order chi connectivity index (χ1) is 5.69. The molecule has 1 unspecified atom stereocenters. The molecule has 0 aliphatic carbocycles. The first-order valence-corrected chi connectivity index (χ1v) is 3.84. The highest BCUT2D eigenvalue weighted by Gasteiger charge is 2.36. The fraction of sp³-hybridized carbons (Fsp3) is 1.00. The SMILES string of the molecule is COC1C[C@@H](O)[C@@H](O)[C@@H](CO)O1. The third-order valence-corrected chi connectivity index (χ3v) is 1.98. The van der Waals surface area contributed by atoms with E-state index in [1.807, 2.05) is 0 Å². The summed E-state index contributed by atoms with van der Waals surface area (Å²) in [6.45, 7) is -0.321. The molecule has 4 atom stereocenters. The highest BCUT2D eigenvalue weighted by atomic mass is 16.7. The quantitative estimate of drug-likeness (QED) is 0.477. The molecular formula is C7H14O5. The number of aliphatic hydroxyl groups is 3. The molecule has 72 valence electrons. The van der Waals surface area contributed by atoms with Crippen LogP contribution in [-0.4, -0.2) is 53.6 Å². The van der Waals surface area contributed by atoms with Crippen molar-refractivity contribution in [1.29, 1.82) is 0 Å². The molecule has 1 heterocycles. The van der Waals surface area contributed by atoms with E-state index in [2.05, 4.69) is 0 Å². The van der Waals surface area contributed by atoms with E-state index in [-0.39, 0.29) is 13.0 Å². The Labute approximate surface area is 70.5 Å². The molecular weight excluding hydrogens is 164 g/mol. The largest absolute Gasteiger partial charge is 0.394 e. The first-order valence-electron chi connectivity index (χ1n) is 3.84. The van der Waals surface area contributed by atoms with Gasteiger partial charge in [0.2, 0.25) is 0 Å². The van der Waals surface area contributed by atoms with E-state index in [4.69, 9.17) is 14.6 Å². The standard InChI is InChI=1S/C7H14O5/c1-11-6-2-4(9)7(10)5(3-8)12-6/h4-10H,2-3H2,1H3/t4-,5-,6?,7-/m1/s1. The molecule has 0 saturated carbocycles. The number of ether oxygens (including phenoxy) is 2. The van der Waals surface area contributed by atoms with Gasteiger partial charge >= 0.3 is 0 Å². The maximum Gasteiger partial charge on any atom is 0.160 e. The van der Waals surface area contributed by atoms with Crippen LogP contribution in [0.2, 0.25) is 0 Å². The summed E-state index contributed by atoms with van der Waals surface area (Å²) in [7, 11) is 1.45. The highest BCUT2D eigenvalue weighted by Crippen LogP contribution is 2.20. The van der Waals surface area contributed by atoms with Gasteiger partial charge < -0.3 is 24.8 Å². The Morgan fingerprint density at radius 2 is 2.17 bits per heavy atom. The van der Waals surface area contributed by atoms with Crippen LogP contribution >= 0.6 is 0 Å². The second-order valence-electron chi connectivity index (χ2n) is 2.82. The van der Waals surface area contributed by atoms with E-state index in [0.29, 0.717) is 0 Å². The normalized spacial score (nSPS) is 43.0. The van der Waals surface area contributed by atoms with Crippen LogP contribution in [0.3, 0.4) is 0 Å². The lowest BCUT2D eigenvalue weighted by molar-refractivity contribution is -0.248. The molecule has 1 rings (SSSR count). The van der Waals surface area contributed by atoms with E-state index in [0.717, 1.165) is 0 Å². The third kappa shape index (κ3) is 1.94. The summed E-state index contributed by atoms with van der Waals surface area (Å²) < 4.78 is 9.92. The zero-order chi connectivity index (χ0) is 9.14. The molecule has 3 N–H and O–H groups in total. The molecule has 5 nitrogen and oxygen atoms in total. The predicted molar refractivity (Wildman–Crippen MR) is 39.4 cm³/mol. The van der Waals surface area contributed by atoms with E-state index in [1.165, 1.54) is 7.11 Å². The fourth-order valence-corrected chi connectivity index (χ4v) is 1.22. The Morgan fingerprint density at radius 1 is 1.50 bits per heavy atom. The van der Waals surface area contributed by atoms with Gasteiger partial charge in [-0.1, -0.05) is 0 Å². The molecule has 0 amide bonds. The molecule has 1 aliphatic heterocycles. The molecule has 1 aliphatic rings. The van der Waals surface area contributed by atoms with Crippen LogP contribution in [0.1, 0.15) is 6.42 Å². The second-order valence-corrected chi connectivity index (χ2v) is 2.82. The van der Waals surface area contributed by atoms with Crippen molar-refractivity contribution in [3.8, 4) is 0 Å². The number of hydrogen-bond acceptors (Lipinski definition) is 5. The Hall–Kier alpha value is -0.200. The van der Waals surface area contributed by atoms with Gasteiger partial charge in [-0.05, 0) is 0 Å². The molecule has 0 bridgehead atoms. The van der Waals surface area contributed by atoms with Crippen molar-refractivity contribution >= 4 is 0 Å². The van der Waals surface area contributed by atoms with Gasteiger partial charge in [0.25, 0.3) is 0 Å². The lowest BCUT2D eigenvalue weighted by Crippen LogP contribution is -2.50. The van der Waals surface area contributed by atoms with Gasteiger partial charge in [-0.3, -0.25) is 0 Å². The zero-order valence-corrected chi connectivity index (χ0v) is 6.88. The van der Waals surface area contributed by atoms with Crippen LogP contribution in [0.4, 0.5) is 0 Å². The predicted octanol–water partition coefficient (Wildman–Crippen LogP) is -1.54. The average Bonchev–Trinajstić information content (AvgIpc) is 2.09. The van der Waals surface area contributed by atoms with Crippen LogP contribution < -0.4 is 0 Å². The summed E-state index contributed by atoms with van der Waals surface area (Å²) in [5.74, 6) is 0. The Balaban J connectivity index is 2.52. The van der Waals surface area contributed by atoms with Crippen LogP contribution in [-0.2, 0) is 9.47 Å². The number of hydrogen-bond donors (Lipinski definition) is 3. The van der Waals surface area contributed by atoms with Crippen molar-refractivity contribution in [3.63, 3.8) is 0 Å². The third-order valence-electron chi connectivity index (χ3n) is 1.98. The van der Waals surface area contributed by atoms with E-state index < -0.39 is 24.6 Å². The summed E-state index contributed by atoms with van der Waals surface area (Å²) in [6.07, 6.45) is -2.98. The van der Waals surface area contributed by atoms with E-state index in [1.54, 1.807) is 0 Å². The molecule has 0 spiro atoms. The van der Waals surface area contributed by atoms with Crippen molar-refractivity contribution in [2.45, 2.75) is 31.0 Å². The summed E-state index contributed by atoms with van der Waals surface area (Å²) in [5.41, 5.74) is 0. The van der Waals surface area contributed by atoms with Gasteiger partial charge in [0.15, 0.2) is 6.29 Å². The lowest BCUT2D eigenvalue weighted by Gasteiger charge is -2.35. The van der Waals surface area contributed by atoms with Gasteiger partial charge in [-0.2, -0.15) is 0 Å². The molecule has 1 saturated heterocycles. The minimum absolute atomic E-state index is 0.230. The minimum atomic E-state index is -1.03. The summed E-state index contributed by atoms with van der Waals surface area (Å²) in [6, 6.07) is 0. The monoisotopic (exact) mass is 178 g/mol. The van der Waals surface area contributed by atoms with Crippen LogP contribution in [0.5, 0.6) is 0 Å². The minimum Gasteiger partial charge on any atom is -0.394 e. The van der Waals surface area contributed by atoms with Gasteiger partial charge in [-0.25, -0.2) is 0 Å². The van der Waals surface area contributed by atoms with E-state index in [9.17, 15) is 10.2 Å². The first kappa shape index (κ1) is 9.88. The maximum absolute atomic E-state index is 9.26. The highest BCUT2D eigenvalue weighted by molar-refractivity contribution is 4.81. The van der Waals surface area contributed by atoms with Crippen molar-refractivity contribution in [3.05, 3.63) is 0 Å². The molecule has 0 aromatic carbocycles. The van der Waals surface area contributed by atoms with Gasteiger partial charge in [0.05, 0.1) is 12.7 Å². The summed E-state index contributed by atoms with van der Waals surface area (Å²) in [4.78, 5) is 0. The van der Waals surface area contributed by atoms with Crippen LogP contribution in [0.15, 0.2) is 0 Å². The van der Waals surface area contributed by atoms with E-state index >= 15 is 0 Å². The Kier molecular flexibility index (Phi) is 3.42. The van der Waals surface area contributed by atoms with Gasteiger partial charge in [-0.15, -0.1) is 0 Å². The van der Waals surface area contributed by atoms with Crippen molar-refractivity contribution in [2.24, 2.45) is 0 Å². The zero-order valence-electron chi connectivity index (χ0n) is 6.88. The Morgan fingerprint density at radius 3 is 2.67 bits per heavy atom. The summed E-state index contributed by atoms with van der Waals surface area (Å²) in [5, 5.41) is 27.3. The van der Waals surface area contributed by atoms with Crippen LogP contribution in [0.25, 0.3) is 0 Å².